The van der Waals surface area contributed by atoms with Gasteiger partial charge in [-0.05, 0) is 30.7 Å². The lowest BCUT2D eigenvalue weighted by atomic mass is 10.1. The Labute approximate surface area is 135 Å². The molecule has 0 spiro atoms. The topological polar surface area (TPSA) is 91.0 Å². The van der Waals surface area contributed by atoms with Crippen LogP contribution in [-0.4, -0.2) is 33.5 Å². The molecule has 0 bridgehead atoms. The Hall–Kier alpha value is -2.22. The van der Waals surface area contributed by atoms with Gasteiger partial charge in [0, 0.05) is 23.1 Å². The minimum Gasteiger partial charge on any atom is -0.312 e. The van der Waals surface area contributed by atoms with E-state index in [1.54, 1.807) is 4.90 Å². The monoisotopic (exact) mass is 363 g/mol. The number of aryl methyl sites for hydroxylation is 1. The minimum atomic E-state index is -0.401. The first kappa shape index (κ1) is 14.7. The fraction of sp³-hybridized carbons (Fsp3) is 0.286. The van der Waals surface area contributed by atoms with Crippen molar-refractivity contribution < 1.29 is 9.59 Å². The van der Waals surface area contributed by atoms with Crippen LogP contribution in [0.25, 0.3) is 0 Å². The van der Waals surface area contributed by atoms with Gasteiger partial charge in [0.2, 0.25) is 17.8 Å². The van der Waals surface area contributed by atoms with Crippen molar-refractivity contribution in [3.05, 3.63) is 34.6 Å². The maximum Gasteiger partial charge on any atom is 0.232 e. The average molecular weight is 364 g/mol. The van der Waals surface area contributed by atoms with Gasteiger partial charge in [-0.3, -0.25) is 14.9 Å². The van der Waals surface area contributed by atoms with E-state index in [4.69, 9.17) is 0 Å². The summed E-state index contributed by atoms with van der Waals surface area (Å²) < 4.78 is 0.988. The van der Waals surface area contributed by atoms with Crippen molar-refractivity contribution in [2.45, 2.75) is 13.3 Å². The van der Waals surface area contributed by atoms with Gasteiger partial charge < -0.3 is 4.90 Å². The number of aromatic amines is 1. The Morgan fingerprint density at radius 2 is 2.32 bits per heavy atom. The number of carbonyl (C=O) groups is 2. The van der Waals surface area contributed by atoms with Crippen LogP contribution < -0.4 is 10.2 Å². The van der Waals surface area contributed by atoms with Crippen molar-refractivity contribution in [2.75, 3.05) is 16.8 Å². The molecule has 2 heterocycles. The van der Waals surface area contributed by atoms with E-state index < -0.39 is 5.92 Å². The molecule has 7 nitrogen and oxygen atoms in total. The van der Waals surface area contributed by atoms with E-state index >= 15 is 0 Å². The van der Waals surface area contributed by atoms with Gasteiger partial charge in [0.1, 0.15) is 6.33 Å². The van der Waals surface area contributed by atoms with Crippen LogP contribution >= 0.6 is 15.9 Å². The number of amides is 2. The van der Waals surface area contributed by atoms with Crippen LogP contribution in [0.5, 0.6) is 0 Å². The lowest BCUT2D eigenvalue weighted by molar-refractivity contribution is -0.122. The molecule has 114 valence electrons. The van der Waals surface area contributed by atoms with Crippen molar-refractivity contribution in [1.29, 1.82) is 0 Å². The molecule has 1 aromatic carbocycles. The number of hydrogen-bond donors (Lipinski definition) is 2. The summed E-state index contributed by atoms with van der Waals surface area (Å²) >= 11 is 3.44. The highest BCUT2D eigenvalue weighted by atomic mass is 79.9. The van der Waals surface area contributed by atoms with E-state index in [-0.39, 0.29) is 24.2 Å². The highest BCUT2D eigenvalue weighted by Gasteiger charge is 2.35. The zero-order valence-electron chi connectivity index (χ0n) is 11.8. The van der Waals surface area contributed by atoms with Crippen LogP contribution in [0.2, 0.25) is 0 Å². The molecule has 2 aromatic rings. The third-order valence-corrected chi connectivity index (χ3v) is 4.50. The Kier molecular flexibility index (Phi) is 3.93. The fourth-order valence-corrected chi connectivity index (χ4v) is 2.66. The molecule has 0 saturated carbocycles. The maximum atomic E-state index is 12.2. The summed E-state index contributed by atoms with van der Waals surface area (Å²) in [7, 11) is 0. The zero-order chi connectivity index (χ0) is 15.7. The molecule has 1 fully saturated rings. The highest BCUT2D eigenvalue weighted by Crippen LogP contribution is 2.28. The number of rotatable bonds is 3. The predicted octanol–water partition coefficient (Wildman–Crippen LogP) is 1.87. The summed E-state index contributed by atoms with van der Waals surface area (Å²) in [4.78, 5) is 29.8. The smallest absolute Gasteiger partial charge is 0.232 e. The number of aromatic nitrogens is 3. The van der Waals surface area contributed by atoms with E-state index in [0.717, 1.165) is 15.7 Å². The first-order valence-electron chi connectivity index (χ1n) is 6.77. The van der Waals surface area contributed by atoms with Gasteiger partial charge in [-0.2, -0.15) is 10.1 Å². The molecular formula is C14H14BrN5O2. The van der Waals surface area contributed by atoms with Crippen LogP contribution in [-0.2, 0) is 9.59 Å². The van der Waals surface area contributed by atoms with E-state index in [0.29, 0.717) is 6.54 Å². The Morgan fingerprint density at radius 1 is 1.50 bits per heavy atom. The molecule has 2 N–H and O–H groups in total. The SMILES string of the molecule is Cc1cc(N2C[C@@H](C(=O)Nc3ncn[nH]3)CC2=O)ccc1Br. The molecule has 1 aliphatic rings. The van der Waals surface area contributed by atoms with Gasteiger partial charge in [-0.25, -0.2) is 5.10 Å². The number of nitrogens with zero attached hydrogens (tertiary/aromatic N) is 3. The number of nitrogens with one attached hydrogen (secondary N) is 2. The van der Waals surface area contributed by atoms with Crippen molar-refractivity contribution in [3.63, 3.8) is 0 Å². The maximum absolute atomic E-state index is 12.2. The van der Waals surface area contributed by atoms with Gasteiger partial charge in [0.25, 0.3) is 0 Å². The van der Waals surface area contributed by atoms with Crippen molar-refractivity contribution >= 4 is 39.4 Å². The molecule has 3 rings (SSSR count). The number of carbonyl (C=O) groups excluding carboxylic acids is 2. The van der Waals surface area contributed by atoms with Gasteiger partial charge in [0.05, 0.1) is 5.92 Å². The molecule has 8 heteroatoms. The van der Waals surface area contributed by atoms with Crippen LogP contribution in [0.1, 0.15) is 12.0 Å². The third kappa shape index (κ3) is 2.87. The predicted molar refractivity (Wildman–Crippen MR) is 84.4 cm³/mol. The number of benzene rings is 1. The molecule has 1 atom stereocenters. The van der Waals surface area contributed by atoms with E-state index in [1.807, 2.05) is 25.1 Å². The molecule has 0 aliphatic carbocycles. The van der Waals surface area contributed by atoms with Gasteiger partial charge >= 0.3 is 0 Å². The molecule has 0 radical (unpaired) electrons. The van der Waals surface area contributed by atoms with Gasteiger partial charge in [0.15, 0.2) is 0 Å². The Morgan fingerprint density at radius 3 is 3.00 bits per heavy atom. The van der Waals surface area contributed by atoms with Crippen LogP contribution in [0.15, 0.2) is 29.0 Å². The second-order valence-corrected chi connectivity index (χ2v) is 6.02. The number of H-pyrrole nitrogens is 1. The van der Waals surface area contributed by atoms with Gasteiger partial charge in [-0.1, -0.05) is 15.9 Å². The van der Waals surface area contributed by atoms with Crippen LogP contribution in [0, 0.1) is 12.8 Å². The van der Waals surface area contributed by atoms with Gasteiger partial charge in [-0.15, -0.1) is 0 Å². The molecule has 22 heavy (non-hydrogen) atoms. The Bertz CT molecular complexity index is 716. The van der Waals surface area contributed by atoms with Crippen molar-refractivity contribution in [1.82, 2.24) is 15.2 Å². The first-order valence-corrected chi connectivity index (χ1v) is 7.56. The highest BCUT2D eigenvalue weighted by molar-refractivity contribution is 9.10. The lowest BCUT2D eigenvalue weighted by Gasteiger charge is -2.17. The quantitative estimate of drug-likeness (QED) is 0.870. The molecule has 2 amide bonds. The average Bonchev–Trinajstić information content (AvgIpc) is 3.11. The zero-order valence-corrected chi connectivity index (χ0v) is 13.4. The second-order valence-electron chi connectivity index (χ2n) is 5.16. The Balaban J connectivity index is 1.72. The third-order valence-electron chi connectivity index (χ3n) is 3.61. The van der Waals surface area contributed by atoms with Crippen molar-refractivity contribution in [3.8, 4) is 0 Å². The van der Waals surface area contributed by atoms with E-state index in [2.05, 4.69) is 36.4 Å². The summed E-state index contributed by atoms with van der Waals surface area (Å²) in [5.41, 5.74) is 1.85. The van der Waals surface area contributed by atoms with Crippen molar-refractivity contribution in [2.24, 2.45) is 5.92 Å². The number of halogens is 1. The standard InChI is InChI=1S/C14H14BrN5O2/c1-8-4-10(2-3-11(8)15)20-6-9(5-12(20)21)13(22)18-14-16-7-17-19-14/h2-4,7,9H,5-6H2,1H3,(H2,16,17,18,19,22)/t9-/m0/s1. The largest absolute Gasteiger partial charge is 0.312 e. The number of anilines is 2. The summed E-state index contributed by atoms with van der Waals surface area (Å²) in [5.74, 6) is -0.405. The van der Waals surface area contributed by atoms with E-state index in [1.165, 1.54) is 6.33 Å². The molecule has 1 saturated heterocycles. The molecular weight excluding hydrogens is 350 g/mol. The summed E-state index contributed by atoms with van der Waals surface area (Å²) in [5, 5.41) is 8.85. The van der Waals surface area contributed by atoms with Crippen LogP contribution in [0.4, 0.5) is 11.6 Å². The van der Waals surface area contributed by atoms with E-state index in [9.17, 15) is 9.59 Å². The summed E-state index contributed by atoms with van der Waals surface area (Å²) in [6, 6.07) is 5.70. The molecule has 1 aromatic heterocycles. The van der Waals surface area contributed by atoms with Crippen LogP contribution in [0.3, 0.4) is 0 Å². The lowest BCUT2D eigenvalue weighted by Crippen LogP contribution is -2.28. The first-order chi connectivity index (χ1) is 10.5. The molecule has 0 unspecified atom stereocenters. The number of hydrogen-bond acceptors (Lipinski definition) is 4. The summed E-state index contributed by atoms with van der Waals surface area (Å²) in [6.45, 7) is 2.32. The normalized spacial score (nSPS) is 17.8. The second kappa shape index (κ2) is 5.88. The molecule has 1 aliphatic heterocycles. The summed E-state index contributed by atoms with van der Waals surface area (Å²) in [6.07, 6.45) is 1.50. The minimum absolute atomic E-state index is 0.0561. The fourth-order valence-electron chi connectivity index (χ4n) is 2.41.